The van der Waals surface area contributed by atoms with Crippen LogP contribution in [0.3, 0.4) is 0 Å². The van der Waals surface area contributed by atoms with Gasteiger partial charge in [0.1, 0.15) is 11.6 Å². The molecule has 0 aromatic heterocycles. The zero-order valence-corrected chi connectivity index (χ0v) is 14.5. The van der Waals surface area contributed by atoms with Crippen molar-refractivity contribution in [2.45, 2.75) is 64.1 Å². The molecule has 2 rings (SSSR count). The highest BCUT2D eigenvalue weighted by atomic mass is 16.6. The van der Waals surface area contributed by atoms with E-state index in [-0.39, 0.29) is 11.9 Å². The van der Waals surface area contributed by atoms with Gasteiger partial charge in [-0.1, -0.05) is 0 Å². The summed E-state index contributed by atoms with van der Waals surface area (Å²) < 4.78 is 5.24. The van der Waals surface area contributed by atoms with Crippen molar-refractivity contribution in [3.05, 3.63) is 0 Å². The van der Waals surface area contributed by atoms with E-state index in [9.17, 15) is 19.5 Å². The van der Waals surface area contributed by atoms with Gasteiger partial charge >= 0.3 is 6.09 Å². The molecule has 0 aromatic rings. The molecule has 1 aliphatic carbocycles. The first-order chi connectivity index (χ1) is 11.1. The van der Waals surface area contributed by atoms with Crippen molar-refractivity contribution in [2.75, 3.05) is 13.2 Å². The number of alkyl carbamates (subject to hydrolysis) is 1. The summed E-state index contributed by atoms with van der Waals surface area (Å²) in [6.45, 7) is 5.39. The molecule has 1 aliphatic heterocycles. The third-order valence-corrected chi connectivity index (χ3v) is 4.73. The van der Waals surface area contributed by atoms with E-state index in [4.69, 9.17) is 10.5 Å². The quantitative estimate of drug-likeness (QED) is 0.627. The van der Waals surface area contributed by atoms with Crippen LogP contribution in [0.15, 0.2) is 0 Å². The molecule has 0 bridgehead atoms. The number of carbonyl (C=O) groups excluding carboxylic acids is 3. The van der Waals surface area contributed by atoms with Crippen molar-refractivity contribution < 1.29 is 24.2 Å². The van der Waals surface area contributed by atoms with E-state index in [1.807, 2.05) is 0 Å². The fourth-order valence-electron chi connectivity index (χ4n) is 3.43. The zero-order valence-electron chi connectivity index (χ0n) is 14.5. The maximum Gasteiger partial charge on any atom is 0.407 e. The second-order valence-electron chi connectivity index (χ2n) is 7.73. The lowest BCUT2D eigenvalue weighted by Crippen LogP contribution is -2.68. The Morgan fingerprint density at radius 2 is 2.00 bits per heavy atom. The number of likely N-dealkylation sites (tertiary alicyclic amines) is 1. The van der Waals surface area contributed by atoms with Gasteiger partial charge in [-0.05, 0) is 46.5 Å². The van der Waals surface area contributed by atoms with E-state index in [0.717, 1.165) is 0 Å². The monoisotopic (exact) mass is 341 g/mol. The van der Waals surface area contributed by atoms with Crippen molar-refractivity contribution in [2.24, 2.45) is 11.1 Å². The van der Waals surface area contributed by atoms with Gasteiger partial charge in [-0.15, -0.1) is 0 Å². The molecular weight excluding hydrogens is 314 g/mol. The van der Waals surface area contributed by atoms with E-state index >= 15 is 0 Å². The Morgan fingerprint density at radius 3 is 2.42 bits per heavy atom. The minimum absolute atomic E-state index is 0.0166. The second kappa shape index (κ2) is 6.58. The van der Waals surface area contributed by atoms with Crippen molar-refractivity contribution in [3.63, 3.8) is 0 Å². The van der Waals surface area contributed by atoms with Gasteiger partial charge in [0.2, 0.25) is 11.8 Å². The number of ether oxygens (including phenoxy) is 1. The minimum atomic E-state index is -0.944. The van der Waals surface area contributed by atoms with Crippen LogP contribution < -0.4 is 11.1 Å². The lowest BCUT2D eigenvalue weighted by atomic mass is 9.66. The summed E-state index contributed by atoms with van der Waals surface area (Å²) in [7, 11) is 0. The number of nitrogens with zero attached hydrogens (tertiary/aromatic N) is 1. The average molecular weight is 341 g/mol. The Balaban J connectivity index is 1.84. The fraction of sp³-hybridized carbons (Fsp3) is 0.812. The van der Waals surface area contributed by atoms with Crippen LogP contribution in [0.1, 0.15) is 46.5 Å². The maximum atomic E-state index is 12.5. The summed E-state index contributed by atoms with van der Waals surface area (Å²) in [5, 5.41) is 12.1. The Kier molecular flexibility index (Phi) is 5.08. The van der Waals surface area contributed by atoms with Crippen LogP contribution in [0, 0.1) is 5.41 Å². The number of amides is 3. The summed E-state index contributed by atoms with van der Waals surface area (Å²) in [6, 6.07) is -0.960. The van der Waals surface area contributed by atoms with Crippen molar-refractivity contribution in [1.82, 2.24) is 10.2 Å². The van der Waals surface area contributed by atoms with Gasteiger partial charge in [0.15, 0.2) is 0 Å². The molecular formula is C16H27N3O5. The first-order valence-corrected chi connectivity index (χ1v) is 8.29. The summed E-state index contributed by atoms with van der Waals surface area (Å²) in [5.74, 6) is -0.822. The molecule has 136 valence electrons. The molecule has 0 radical (unpaired) electrons. The van der Waals surface area contributed by atoms with Gasteiger partial charge < -0.3 is 25.8 Å². The van der Waals surface area contributed by atoms with Gasteiger partial charge in [-0.3, -0.25) is 9.59 Å². The molecule has 8 heteroatoms. The van der Waals surface area contributed by atoms with Crippen LogP contribution in [0.4, 0.5) is 4.79 Å². The standard InChI is InChI=1S/C16H27N3O5/c1-15(2,3)24-14(23)18-10-4-6-16(7-5-10)9-19(13(16)22)11(8-20)12(17)21/h10-11,20H,4-9H2,1-3H3,(H2,17,21)(H,18,23). The van der Waals surface area contributed by atoms with Crippen molar-refractivity contribution in [3.8, 4) is 0 Å². The molecule has 2 aliphatic rings. The minimum Gasteiger partial charge on any atom is -0.444 e. The topological polar surface area (TPSA) is 122 Å². The number of hydrogen-bond acceptors (Lipinski definition) is 5. The molecule has 2 fully saturated rings. The van der Waals surface area contributed by atoms with Crippen LogP contribution in [0.2, 0.25) is 0 Å². The molecule has 0 aromatic carbocycles. The van der Waals surface area contributed by atoms with Crippen molar-refractivity contribution >= 4 is 17.9 Å². The second-order valence-corrected chi connectivity index (χ2v) is 7.73. The maximum absolute atomic E-state index is 12.5. The summed E-state index contributed by atoms with van der Waals surface area (Å²) in [5.41, 5.74) is 4.19. The molecule has 8 nitrogen and oxygen atoms in total. The van der Waals surface area contributed by atoms with Crippen LogP contribution >= 0.6 is 0 Å². The number of β-lactam (4-membered cyclic amide) rings is 1. The third kappa shape index (κ3) is 3.80. The number of nitrogens with two attached hydrogens (primary N) is 1. The normalized spacial score (nSPS) is 28.2. The number of carbonyl (C=O) groups is 3. The summed E-state index contributed by atoms with van der Waals surface area (Å²) >= 11 is 0. The highest BCUT2D eigenvalue weighted by molar-refractivity contribution is 5.94. The predicted octanol–water partition coefficient (Wildman–Crippen LogP) is 0.129. The zero-order chi connectivity index (χ0) is 18.1. The van der Waals surface area contributed by atoms with E-state index in [1.54, 1.807) is 20.8 Å². The van der Waals surface area contributed by atoms with Crippen LogP contribution in [0.25, 0.3) is 0 Å². The first kappa shape index (κ1) is 18.5. The molecule has 1 saturated heterocycles. The molecule has 24 heavy (non-hydrogen) atoms. The van der Waals surface area contributed by atoms with Gasteiger partial charge in [-0.25, -0.2) is 4.79 Å². The Hall–Kier alpha value is -1.83. The highest BCUT2D eigenvalue weighted by Crippen LogP contribution is 2.45. The smallest absolute Gasteiger partial charge is 0.407 e. The largest absolute Gasteiger partial charge is 0.444 e. The van der Waals surface area contributed by atoms with Crippen LogP contribution in [-0.4, -0.2) is 58.8 Å². The van der Waals surface area contributed by atoms with E-state index in [2.05, 4.69) is 5.32 Å². The summed E-state index contributed by atoms with van der Waals surface area (Å²) in [4.78, 5) is 36.9. The molecule has 1 atom stereocenters. The number of hydrogen-bond donors (Lipinski definition) is 3. The number of primary amides is 1. The van der Waals surface area contributed by atoms with Crippen LogP contribution in [0.5, 0.6) is 0 Å². The number of aliphatic hydroxyl groups excluding tert-OH is 1. The fourth-order valence-corrected chi connectivity index (χ4v) is 3.43. The molecule has 1 heterocycles. The van der Waals surface area contributed by atoms with E-state index < -0.39 is 35.7 Å². The van der Waals surface area contributed by atoms with E-state index in [1.165, 1.54) is 4.90 Å². The third-order valence-electron chi connectivity index (χ3n) is 4.73. The Labute approximate surface area is 141 Å². The Bertz CT molecular complexity index is 520. The average Bonchev–Trinajstić information content (AvgIpc) is 2.46. The number of rotatable bonds is 4. The Morgan fingerprint density at radius 1 is 1.42 bits per heavy atom. The number of nitrogens with one attached hydrogen (secondary N) is 1. The van der Waals surface area contributed by atoms with Gasteiger partial charge in [0, 0.05) is 12.6 Å². The van der Waals surface area contributed by atoms with Crippen LogP contribution in [-0.2, 0) is 14.3 Å². The predicted molar refractivity (Wildman–Crippen MR) is 85.8 cm³/mol. The van der Waals surface area contributed by atoms with E-state index in [0.29, 0.717) is 32.2 Å². The molecule has 4 N–H and O–H groups in total. The van der Waals surface area contributed by atoms with Gasteiger partial charge in [0.25, 0.3) is 0 Å². The molecule has 1 spiro atoms. The molecule has 1 unspecified atom stereocenters. The molecule has 1 saturated carbocycles. The van der Waals surface area contributed by atoms with Crippen molar-refractivity contribution in [1.29, 1.82) is 0 Å². The van der Waals surface area contributed by atoms with Gasteiger partial charge in [-0.2, -0.15) is 0 Å². The summed E-state index contributed by atoms with van der Waals surface area (Å²) in [6.07, 6.45) is 2.19. The lowest BCUT2D eigenvalue weighted by molar-refractivity contribution is -0.172. The number of aliphatic hydroxyl groups is 1. The van der Waals surface area contributed by atoms with Gasteiger partial charge in [0.05, 0.1) is 12.0 Å². The first-order valence-electron chi connectivity index (χ1n) is 8.29. The molecule has 3 amide bonds. The highest BCUT2D eigenvalue weighted by Gasteiger charge is 2.55. The SMILES string of the molecule is CC(C)(C)OC(=O)NC1CCC2(CC1)CN(C(CO)C(N)=O)C2=O. The lowest BCUT2D eigenvalue weighted by Gasteiger charge is -2.53.